The van der Waals surface area contributed by atoms with E-state index in [4.69, 9.17) is 9.47 Å². The number of carbonyl (C=O) groups excluding carboxylic acids is 3. The van der Waals surface area contributed by atoms with Gasteiger partial charge in [-0.1, -0.05) is 54.1 Å². The van der Waals surface area contributed by atoms with Crippen molar-refractivity contribution in [1.29, 1.82) is 0 Å². The molecule has 2 N–H and O–H groups in total. The molecule has 4 aromatic carbocycles. The van der Waals surface area contributed by atoms with Crippen LogP contribution in [0.5, 0.6) is 11.5 Å². The third-order valence-electron chi connectivity index (χ3n) is 5.31. The van der Waals surface area contributed by atoms with Crippen LogP contribution in [0.15, 0.2) is 90.0 Å². The Labute approximate surface area is 207 Å². The van der Waals surface area contributed by atoms with Crippen LogP contribution >= 0.6 is 0 Å². The van der Waals surface area contributed by atoms with Gasteiger partial charge >= 0.3 is 17.8 Å². The second-order valence-electron chi connectivity index (χ2n) is 7.84. The molecule has 0 aromatic heterocycles. The van der Waals surface area contributed by atoms with Crippen molar-refractivity contribution >= 4 is 40.5 Å². The fraction of sp³-hybridized carbons (Fsp3) is 0.0714. The van der Waals surface area contributed by atoms with Crippen LogP contribution in [0.25, 0.3) is 10.8 Å². The number of hydrazone groups is 1. The van der Waals surface area contributed by atoms with Crippen molar-refractivity contribution in [3.63, 3.8) is 0 Å². The zero-order chi connectivity index (χ0) is 25.5. The number of nitrogens with one attached hydrogen (secondary N) is 2. The Morgan fingerprint density at radius 2 is 1.64 bits per heavy atom. The van der Waals surface area contributed by atoms with Gasteiger partial charge in [0.05, 0.1) is 18.9 Å². The lowest BCUT2D eigenvalue weighted by molar-refractivity contribution is -0.136. The van der Waals surface area contributed by atoms with Crippen molar-refractivity contribution < 1.29 is 23.9 Å². The smallest absolute Gasteiger partial charge is 0.343 e. The molecule has 0 spiro atoms. The van der Waals surface area contributed by atoms with Gasteiger partial charge in [-0.15, -0.1) is 0 Å². The maximum Gasteiger partial charge on any atom is 0.343 e. The van der Waals surface area contributed by atoms with Gasteiger partial charge < -0.3 is 14.8 Å². The zero-order valence-electron chi connectivity index (χ0n) is 19.6. The fourth-order valence-corrected chi connectivity index (χ4v) is 3.44. The summed E-state index contributed by atoms with van der Waals surface area (Å²) in [6.07, 6.45) is 1.34. The SMILES string of the molecule is COc1cccc(NC(=O)C(=O)N/N=C/c2c(OC(=O)c3ccc(C)cc3)ccc3ccccc23)c1. The van der Waals surface area contributed by atoms with E-state index in [9.17, 15) is 14.4 Å². The highest BCUT2D eigenvalue weighted by atomic mass is 16.5. The Kier molecular flexibility index (Phi) is 7.36. The van der Waals surface area contributed by atoms with E-state index < -0.39 is 17.8 Å². The Morgan fingerprint density at radius 3 is 2.42 bits per heavy atom. The number of anilines is 1. The lowest BCUT2D eigenvalue weighted by Gasteiger charge is -2.11. The summed E-state index contributed by atoms with van der Waals surface area (Å²) in [5.41, 5.74) is 4.51. The first-order valence-electron chi connectivity index (χ1n) is 11.0. The van der Waals surface area contributed by atoms with E-state index >= 15 is 0 Å². The highest BCUT2D eigenvalue weighted by Crippen LogP contribution is 2.27. The number of rotatable bonds is 6. The van der Waals surface area contributed by atoms with Crippen LogP contribution < -0.4 is 20.2 Å². The molecule has 0 aliphatic heterocycles. The largest absolute Gasteiger partial charge is 0.497 e. The molecule has 0 bridgehead atoms. The molecule has 4 rings (SSSR count). The fourth-order valence-electron chi connectivity index (χ4n) is 3.44. The van der Waals surface area contributed by atoms with Gasteiger partial charge in [-0.25, -0.2) is 10.2 Å². The minimum absolute atomic E-state index is 0.262. The van der Waals surface area contributed by atoms with Crippen LogP contribution in [0.4, 0.5) is 5.69 Å². The van der Waals surface area contributed by atoms with Gasteiger partial charge in [0, 0.05) is 17.3 Å². The maximum absolute atomic E-state index is 12.7. The number of nitrogens with zero attached hydrogens (tertiary/aromatic N) is 1. The molecule has 0 radical (unpaired) electrons. The minimum atomic E-state index is -0.965. The summed E-state index contributed by atoms with van der Waals surface area (Å²) < 4.78 is 10.8. The van der Waals surface area contributed by atoms with E-state index in [1.807, 2.05) is 49.4 Å². The summed E-state index contributed by atoms with van der Waals surface area (Å²) in [7, 11) is 1.50. The predicted molar refractivity (Wildman–Crippen MR) is 137 cm³/mol. The van der Waals surface area contributed by atoms with Gasteiger partial charge in [0.15, 0.2) is 0 Å². The number of benzene rings is 4. The standard InChI is InChI=1S/C28H23N3O5/c1-18-10-12-20(13-11-18)28(34)36-25-15-14-19-6-3-4-9-23(19)24(25)17-29-31-27(33)26(32)30-21-7-5-8-22(16-21)35-2/h3-17H,1-2H3,(H,30,32)(H,31,33)/b29-17+. The highest BCUT2D eigenvalue weighted by Gasteiger charge is 2.15. The third kappa shape index (κ3) is 5.74. The number of aryl methyl sites for hydroxylation is 1. The van der Waals surface area contributed by atoms with Crippen LogP contribution in [0.3, 0.4) is 0 Å². The Balaban J connectivity index is 1.52. The minimum Gasteiger partial charge on any atom is -0.497 e. The predicted octanol–water partition coefficient (Wildman–Crippen LogP) is 4.46. The summed E-state index contributed by atoms with van der Waals surface area (Å²) >= 11 is 0. The first-order valence-corrected chi connectivity index (χ1v) is 11.0. The van der Waals surface area contributed by atoms with Gasteiger partial charge in [0.25, 0.3) is 0 Å². The van der Waals surface area contributed by atoms with E-state index in [2.05, 4.69) is 15.8 Å². The van der Waals surface area contributed by atoms with E-state index in [-0.39, 0.29) is 5.75 Å². The van der Waals surface area contributed by atoms with Crippen molar-refractivity contribution in [1.82, 2.24) is 5.43 Å². The number of hydrogen-bond donors (Lipinski definition) is 2. The number of esters is 1. The van der Waals surface area contributed by atoms with Crippen molar-refractivity contribution in [2.24, 2.45) is 5.10 Å². The van der Waals surface area contributed by atoms with Crippen LogP contribution in [0, 0.1) is 6.92 Å². The second kappa shape index (κ2) is 11.0. The number of hydrogen-bond acceptors (Lipinski definition) is 6. The number of amides is 2. The van der Waals surface area contributed by atoms with Gasteiger partial charge in [-0.05, 0) is 48.0 Å². The van der Waals surface area contributed by atoms with Crippen molar-refractivity contribution in [2.45, 2.75) is 6.92 Å². The average molecular weight is 482 g/mol. The van der Waals surface area contributed by atoms with Crippen molar-refractivity contribution in [3.05, 3.63) is 102 Å². The van der Waals surface area contributed by atoms with Gasteiger partial charge in [-0.2, -0.15) is 5.10 Å². The molecule has 0 fully saturated rings. The molecule has 36 heavy (non-hydrogen) atoms. The lowest BCUT2D eigenvalue weighted by Crippen LogP contribution is -2.32. The van der Waals surface area contributed by atoms with Crippen molar-refractivity contribution in [2.75, 3.05) is 12.4 Å². The third-order valence-corrected chi connectivity index (χ3v) is 5.31. The first-order chi connectivity index (χ1) is 17.4. The molecule has 180 valence electrons. The quantitative estimate of drug-likeness (QED) is 0.139. The molecule has 0 saturated carbocycles. The highest BCUT2D eigenvalue weighted by molar-refractivity contribution is 6.39. The summed E-state index contributed by atoms with van der Waals surface area (Å²) in [6, 6.07) is 24.6. The maximum atomic E-state index is 12.7. The van der Waals surface area contributed by atoms with Crippen molar-refractivity contribution in [3.8, 4) is 11.5 Å². The van der Waals surface area contributed by atoms with Crippen LogP contribution in [0.2, 0.25) is 0 Å². The number of fused-ring (bicyclic) bond motifs is 1. The number of ether oxygens (including phenoxy) is 2. The van der Waals surface area contributed by atoms with Crippen LogP contribution in [0.1, 0.15) is 21.5 Å². The topological polar surface area (TPSA) is 106 Å². The lowest BCUT2D eigenvalue weighted by atomic mass is 10.0. The first kappa shape index (κ1) is 24.2. The molecular weight excluding hydrogens is 458 g/mol. The van der Waals surface area contributed by atoms with E-state index in [1.165, 1.54) is 13.3 Å². The molecule has 0 unspecified atom stereocenters. The Hall–Kier alpha value is -4.98. The van der Waals surface area contributed by atoms with E-state index in [1.54, 1.807) is 42.5 Å². The van der Waals surface area contributed by atoms with Gasteiger partial charge in [0.1, 0.15) is 11.5 Å². The zero-order valence-corrected chi connectivity index (χ0v) is 19.6. The molecule has 0 saturated heterocycles. The Bertz CT molecular complexity index is 1460. The molecule has 8 nitrogen and oxygen atoms in total. The summed E-state index contributed by atoms with van der Waals surface area (Å²) in [5.74, 6) is -1.59. The molecule has 4 aromatic rings. The summed E-state index contributed by atoms with van der Waals surface area (Å²) in [5, 5.41) is 8.06. The van der Waals surface area contributed by atoms with Gasteiger partial charge in [0.2, 0.25) is 0 Å². The monoisotopic (exact) mass is 481 g/mol. The molecule has 0 aliphatic carbocycles. The second-order valence-corrected chi connectivity index (χ2v) is 7.84. The molecule has 0 heterocycles. The van der Waals surface area contributed by atoms with Crippen LogP contribution in [-0.2, 0) is 9.59 Å². The number of methoxy groups -OCH3 is 1. The van der Waals surface area contributed by atoms with Crippen LogP contribution in [-0.4, -0.2) is 31.1 Å². The summed E-state index contributed by atoms with van der Waals surface area (Å²) in [6.45, 7) is 1.93. The molecular formula is C28H23N3O5. The normalized spacial score (nSPS) is 10.7. The molecule has 0 atom stereocenters. The Morgan fingerprint density at radius 1 is 0.861 bits per heavy atom. The molecule has 2 amide bonds. The average Bonchev–Trinajstić information content (AvgIpc) is 2.90. The molecule has 0 aliphatic rings. The summed E-state index contributed by atoms with van der Waals surface area (Å²) in [4.78, 5) is 37.2. The number of carbonyl (C=O) groups is 3. The van der Waals surface area contributed by atoms with E-state index in [0.29, 0.717) is 22.6 Å². The van der Waals surface area contributed by atoms with Gasteiger partial charge in [-0.3, -0.25) is 9.59 Å². The van der Waals surface area contributed by atoms with E-state index in [0.717, 1.165) is 16.3 Å². The molecule has 8 heteroatoms.